The lowest BCUT2D eigenvalue weighted by Crippen LogP contribution is -2.16. The van der Waals surface area contributed by atoms with Gasteiger partial charge in [0.2, 0.25) is 0 Å². The van der Waals surface area contributed by atoms with Gasteiger partial charge in [-0.05, 0) is 55.4 Å². The first-order valence-electron chi connectivity index (χ1n) is 10.5. The van der Waals surface area contributed by atoms with Gasteiger partial charge in [-0.2, -0.15) is 0 Å². The van der Waals surface area contributed by atoms with Crippen LogP contribution >= 0.6 is 24.4 Å². The number of thiol groups is 1. The Bertz CT molecular complexity index is 985. The first-order valence-corrected chi connectivity index (χ1v) is 11.2. The maximum atomic E-state index is 12.7. The minimum Gasteiger partial charge on any atom is -0.398 e. The van der Waals surface area contributed by atoms with Crippen molar-refractivity contribution >= 4 is 58.2 Å². The number of nitrogens with one attached hydrogen (secondary N) is 1. The van der Waals surface area contributed by atoms with Crippen molar-refractivity contribution in [3.05, 3.63) is 65.2 Å². The summed E-state index contributed by atoms with van der Waals surface area (Å²) in [5.74, 6) is -0.208. The zero-order valence-corrected chi connectivity index (χ0v) is 19.7. The fraction of sp³-hybridized carbons (Fsp3) is 0.292. The summed E-state index contributed by atoms with van der Waals surface area (Å²) in [4.78, 5) is 12.7. The Balaban J connectivity index is 0.000000785. The molecule has 0 aliphatic carbocycles. The van der Waals surface area contributed by atoms with Crippen LogP contribution in [0.15, 0.2) is 54.6 Å². The second kappa shape index (κ2) is 12.4. The van der Waals surface area contributed by atoms with Crippen molar-refractivity contribution in [1.29, 1.82) is 0 Å². The number of nitrogen functional groups attached to an aromatic ring is 1. The van der Waals surface area contributed by atoms with Gasteiger partial charge in [0, 0.05) is 39.9 Å². The van der Waals surface area contributed by atoms with Gasteiger partial charge in [-0.15, -0.1) is 0 Å². The Kier molecular flexibility index (Phi) is 9.98. The summed E-state index contributed by atoms with van der Waals surface area (Å²) < 4.78 is 1.81. The summed E-state index contributed by atoms with van der Waals surface area (Å²) in [5, 5.41) is 5.02. The SMILES string of the molecule is CCCC.NCCCN(S)c1ccc(C(=O)Nc2ccc(Cl)c3c(N)cccc23)cc1. The van der Waals surface area contributed by atoms with Crippen molar-refractivity contribution < 1.29 is 4.79 Å². The predicted molar refractivity (Wildman–Crippen MR) is 138 cm³/mol. The Hall–Kier alpha value is -2.41. The molecule has 0 bridgehead atoms. The van der Waals surface area contributed by atoms with Crippen LogP contribution in [0.1, 0.15) is 43.5 Å². The average Bonchev–Trinajstić information content (AvgIpc) is 2.79. The lowest BCUT2D eigenvalue weighted by molar-refractivity contribution is 0.102. The summed E-state index contributed by atoms with van der Waals surface area (Å²) in [6.07, 6.45) is 3.48. The van der Waals surface area contributed by atoms with Gasteiger partial charge in [-0.3, -0.25) is 4.79 Å². The van der Waals surface area contributed by atoms with Crippen molar-refractivity contribution in [1.82, 2.24) is 0 Å². The lowest BCUT2D eigenvalue weighted by Gasteiger charge is -2.17. The van der Waals surface area contributed by atoms with E-state index in [1.165, 1.54) is 12.8 Å². The van der Waals surface area contributed by atoms with Crippen molar-refractivity contribution in [2.45, 2.75) is 33.1 Å². The third-order valence-electron chi connectivity index (χ3n) is 4.77. The van der Waals surface area contributed by atoms with Crippen LogP contribution in [0, 0.1) is 0 Å². The van der Waals surface area contributed by atoms with Gasteiger partial charge < -0.3 is 21.1 Å². The molecule has 0 aliphatic heterocycles. The van der Waals surface area contributed by atoms with Crippen LogP contribution in [0.25, 0.3) is 10.8 Å². The highest BCUT2D eigenvalue weighted by atomic mass is 35.5. The number of unbranched alkanes of at least 4 members (excludes halogenated alkanes) is 1. The standard InChI is InChI=1S/C20H21ClN4OS.C4H10/c21-16-9-10-18(15-3-1-4-17(23)19(15)16)24-20(26)13-5-7-14(8-6-13)25(27)12-2-11-22;1-3-4-2/h1,3-10,27H,2,11-12,22-23H2,(H,24,26);3-4H2,1-2H3. The van der Waals surface area contributed by atoms with E-state index >= 15 is 0 Å². The molecule has 0 radical (unpaired) electrons. The van der Waals surface area contributed by atoms with Crippen molar-refractivity contribution in [2.75, 3.05) is 28.4 Å². The van der Waals surface area contributed by atoms with E-state index in [0.29, 0.717) is 28.5 Å². The molecule has 0 atom stereocenters. The van der Waals surface area contributed by atoms with Crippen molar-refractivity contribution in [2.24, 2.45) is 5.73 Å². The van der Waals surface area contributed by atoms with Crippen molar-refractivity contribution in [3.63, 3.8) is 0 Å². The number of amides is 1. The molecule has 3 aromatic carbocycles. The second-order valence-corrected chi connectivity index (χ2v) is 8.02. The molecule has 31 heavy (non-hydrogen) atoms. The fourth-order valence-electron chi connectivity index (χ4n) is 2.85. The van der Waals surface area contributed by atoms with E-state index in [4.69, 9.17) is 23.1 Å². The molecule has 0 saturated heterocycles. The molecule has 7 heteroatoms. The zero-order valence-electron chi connectivity index (χ0n) is 18.1. The van der Waals surface area contributed by atoms with Gasteiger partial charge in [0.25, 0.3) is 5.91 Å². The van der Waals surface area contributed by atoms with E-state index in [1.54, 1.807) is 30.3 Å². The van der Waals surface area contributed by atoms with Gasteiger partial charge in [-0.25, -0.2) is 0 Å². The van der Waals surface area contributed by atoms with Crippen LogP contribution in [0.5, 0.6) is 0 Å². The molecule has 166 valence electrons. The number of rotatable bonds is 7. The molecule has 0 aromatic heterocycles. The third kappa shape index (κ3) is 6.79. The smallest absolute Gasteiger partial charge is 0.255 e. The van der Waals surface area contributed by atoms with Crippen molar-refractivity contribution in [3.8, 4) is 0 Å². The van der Waals surface area contributed by atoms with E-state index < -0.39 is 0 Å². The summed E-state index contributed by atoms with van der Waals surface area (Å²) in [7, 11) is 0. The normalized spacial score (nSPS) is 10.4. The Morgan fingerprint density at radius 2 is 1.74 bits per heavy atom. The molecule has 3 aromatic rings. The number of nitrogens with two attached hydrogens (primary N) is 2. The predicted octanol–water partition coefficient (Wildman–Crippen LogP) is 6.13. The van der Waals surface area contributed by atoms with E-state index in [9.17, 15) is 4.79 Å². The van der Waals surface area contributed by atoms with Crippen LogP contribution in [0.3, 0.4) is 0 Å². The van der Waals surface area contributed by atoms with Gasteiger partial charge >= 0.3 is 0 Å². The number of hydrogen-bond acceptors (Lipinski definition) is 5. The average molecular weight is 459 g/mol. The highest BCUT2D eigenvalue weighted by Crippen LogP contribution is 2.34. The van der Waals surface area contributed by atoms with E-state index in [2.05, 4.69) is 32.0 Å². The molecule has 0 fully saturated rings. The summed E-state index contributed by atoms with van der Waals surface area (Å²) in [6, 6.07) is 16.3. The summed E-state index contributed by atoms with van der Waals surface area (Å²) >= 11 is 10.7. The molecule has 5 nitrogen and oxygen atoms in total. The highest BCUT2D eigenvalue weighted by molar-refractivity contribution is 7.81. The van der Waals surface area contributed by atoms with Crippen LogP contribution in [-0.2, 0) is 0 Å². The minimum atomic E-state index is -0.208. The molecular formula is C24H31ClN4OS. The maximum absolute atomic E-state index is 12.7. The van der Waals surface area contributed by atoms with Gasteiger partial charge in [0.1, 0.15) is 0 Å². The quantitative estimate of drug-likeness (QED) is 0.253. The number of carbonyl (C=O) groups is 1. The topological polar surface area (TPSA) is 84.4 Å². The molecule has 1 amide bonds. The van der Waals surface area contributed by atoms with Crippen LogP contribution in [-0.4, -0.2) is 19.0 Å². The summed E-state index contributed by atoms with van der Waals surface area (Å²) in [6.45, 7) is 5.71. The zero-order chi connectivity index (χ0) is 22.8. The first-order chi connectivity index (χ1) is 14.9. The number of halogens is 1. The highest BCUT2D eigenvalue weighted by Gasteiger charge is 2.12. The number of anilines is 3. The molecule has 0 saturated carbocycles. The molecule has 0 spiro atoms. The van der Waals surface area contributed by atoms with Crippen LogP contribution in [0.4, 0.5) is 17.1 Å². The van der Waals surface area contributed by atoms with Gasteiger partial charge in [-0.1, -0.05) is 63.2 Å². The van der Waals surface area contributed by atoms with E-state index in [1.807, 2.05) is 28.6 Å². The minimum absolute atomic E-state index is 0.208. The number of nitrogens with zero attached hydrogens (tertiary/aromatic N) is 1. The number of fused-ring (bicyclic) bond motifs is 1. The largest absolute Gasteiger partial charge is 0.398 e. The van der Waals surface area contributed by atoms with Gasteiger partial charge in [0.15, 0.2) is 0 Å². The molecule has 0 unspecified atom stereocenters. The van der Waals surface area contributed by atoms with Crippen LogP contribution < -0.4 is 21.1 Å². The Labute approximate surface area is 195 Å². The third-order valence-corrected chi connectivity index (χ3v) is 5.52. The molecular weight excluding hydrogens is 428 g/mol. The lowest BCUT2D eigenvalue weighted by atomic mass is 10.1. The molecule has 3 rings (SSSR count). The molecule has 5 N–H and O–H groups in total. The molecule has 0 heterocycles. The van der Waals surface area contributed by atoms with E-state index in [0.717, 1.165) is 29.4 Å². The Morgan fingerprint density at radius 3 is 2.35 bits per heavy atom. The van der Waals surface area contributed by atoms with E-state index in [-0.39, 0.29) is 5.91 Å². The maximum Gasteiger partial charge on any atom is 0.255 e. The molecule has 0 aliphatic rings. The van der Waals surface area contributed by atoms with Crippen LogP contribution in [0.2, 0.25) is 5.02 Å². The fourth-order valence-corrected chi connectivity index (χ4v) is 3.40. The summed E-state index contributed by atoms with van der Waals surface area (Å²) in [5.41, 5.74) is 14.2. The number of carbonyl (C=O) groups excluding carboxylic acids is 1. The monoisotopic (exact) mass is 458 g/mol. The first kappa shape index (κ1) is 24.9. The second-order valence-electron chi connectivity index (χ2n) is 7.13. The Morgan fingerprint density at radius 1 is 1.06 bits per heavy atom. The number of benzene rings is 3. The van der Waals surface area contributed by atoms with Gasteiger partial charge in [0.05, 0.1) is 5.02 Å². The number of hydrogen-bond donors (Lipinski definition) is 4.